The summed E-state index contributed by atoms with van der Waals surface area (Å²) in [5.41, 5.74) is -1.87. The lowest BCUT2D eigenvalue weighted by atomic mass is 9.94. The third kappa shape index (κ3) is 13.4. The van der Waals surface area contributed by atoms with E-state index in [2.05, 4.69) is 0 Å². The molecule has 0 aliphatic carbocycles. The Bertz CT molecular complexity index is 280. The first kappa shape index (κ1) is 21.8. The van der Waals surface area contributed by atoms with Crippen LogP contribution in [-0.2, 0) is 29.6 Å². The third-order valence-electron chi connectivity index (χ3n) is 2.42. The minimum Gasteiger partial charge on any atom is -0.200 e. The molecule has 0 amide bonds. The summed E-state index contributed by atoms with van der Waals surface area (Å²) in [5.74, 6) is 0. The van der Waals surface area contributed by atoms with E-state index in [-0.39, 0.29) is 0 Å². The summed E-state index contributed by atoms with van der Waals surface area (Å²) < 4.78 is 0. The largest absolute Gasteiger partial charge is 0.200 e. The first-order valence-electron chi connectivity index (χ1n) is 7.69. The van der Waals surface area contributed by atoms with Crippen molar-refractivity contribution >= 4 is 0 Å². The highest BCUT2D eigenvalue weighted by molar-refractivity contribution is 4.74. The smallest absolute Gasteiger partial charge is 0.101 e. The van der Waals surface area contributed by atoms with E-state index in [0.29, 0.717) is 12.8 Å². The molecule has 0 bridgehead atoms. The van der Waals surface area contributed by atoms with E-state index in [1.807, 2.05) is 69.2 Å². The van der Waals surface area contributed by atoms with Crippen molar-refractivity contribution in [3.63, 3.8) is 0 Å². The van der Waals surface area contributed by atoms with Crippen molar-refractivity contribution in [2.45, 2.75) is 104 Å². The molecule has 0 aliphatic heterocycles. The second kappa shape index (κ2) is 8.04. The fraction of sp³-hybridized carbons (Fsp3) is 1.00. The zero-order valence-corrected chi connectivity index (χ0v) is 15.9. The predicted octanol–water partition coefficient (Wildman–Crippen LogP) is 4.68. The molecule has 0 heterocycles. The molecule has 0 rings (SSSR count). The monoisotopic (exact) mass is 322 g/mol. The van der Waals surface area contributed by atoms with Crippen LogP contribution < -0.4 is 0 Å². The molecule has 6 heteroatoms. The van der Waals surface area contributed by atoms with Gasteiger partial charge in [0.1, 0.15) is 11.2 Å². The number of rotatable bonds is 9. The van der Waals surface area contributed by atoms with E-state index in [4.69, 9.17) is 29.6 Å². The van der Waals surface area contributed by atoms with Crippen molar-refractivity contribution in [1.82, 2.24) is 0 Å². The molecule has 0 aliphatic rings. The van der Waals surface area contributed by atoms with Crippen LogP contribution in [0.2, 0.25) is 0 Å². The maximum Gasteiger partial charge on any atom is 0.101 e. The van der Waals surface area contributed by atoms with Crippen molar-refractivity contribution in [1.29, 1.82) is 0 Å². The maximum absolute atomic E-state index is 5.31. The minimum atomic E-state index is -0.517. The summed E-state index contributed by atoms with van der Waals surface area (Å²) in [7, 11) is 0. The Labute approximate surface area is 135 Å². The molecule has 0 unspecified atom stereocenters. The molecule has 0 aromatic carbocycles. The highest BCUT2D eigenvalue weighted by Gasteiger charge is 2.29. The van der Waals surface area contributed by atoms with Crippen LogP contribution in [0.15, 0.2) is 0 Å². The number of hydrogen-bond donors (Lipinski definition) is 0. The molecule has 22 heavy (non-hydrogen) atoms. The summed E-state index contributed by atoms with van der Waals surface area (Å²) >= 11 is 0. The normalized spacial score (nSPS) is 14.5. The zero-order valence-electron chi connectivity index (χ0n) is 15.9. The molecule has 0 fully saturated rings. The predicted molar refractivity (Wildman–Crippen MR) is 83.4 cm³/mol. The van der Waals surface area contributed by atoms with Gasteiger partial charge >= 0.3 is 0 Å². The molecule has 0 radical (unpaired) electrons. The molecule has 0 spiro atoms. The molecule has 0 saturated heterocycles. The van der Waals surface area contributed by atoms with Gasteiger partial charge < -0.3 is 0 Å². The highest BCUT2D eigenvalue weighted by atomic mass is 17.5. The third-order valence-corrected chi connectivity index (χ3v) is 2.42. The van der Waals surface area contributed by atoms with Gasteiger partial charge in [-0.25, -0.2) is 19.6 Å². The van der Waals surface area contributed by atoms with Crippen LogP contribution in [-0.4, -0.2) is 22.4 Å². The van der Waals surface area contributed by atoms with E-state index in [1.165, 1.54) is 0 Å². The molecule has 0 N–H and O–H groups in total. The van der Waals surface area contributed by atoms with Crippen molar-refractivity contribution in [3.8, 4) is 0 Å². The van der Waals surface area contributed by atoms with Crippen molar-refractivity contribution in [2.24, 2.45) is 0 Å². The van der Waals surface area contributed by atoms with Crippen molar-refractivity contribution < 1.29 is 29.6 Å². The maximum atomic E-state index is 5.31. The van der Waals surface area contributed by atoms with E-state index in [9.17, 15) is 0 Å². The van der Waals surface area contributed by atoms with E-state index >= 15 is 0 Å². The van der Waals surface area contributed by atoms with Gasteiger partial charge in [-0.05, 0) is 82.1 Å². The van der Waals surface area contributed by atoms with Gasteiger partial charge in [-0.15, -0.1) is 0 Å². The molecule has 0 atom stereocenters. The van der Waals surface area contributed by atoms with Crippen LogP contribution in [0.5, 0.6) is 0 Å². The van der Waals surface area contributed by atoms with Gasteiger partial charge in [-0.2, -0.15) is 0 Å². The summed E-state index contributed by atoms with van der Waals surface area (Å²) in [6.07, 6.45) is 1.37. The van der Waals surface area contributed by atoms with Gasteiger partial charge in [-0.3, -0.25) is 0 Å². The molecule has 0 saturated carbocycles. The van der Waals surface area contributed by atoms with Gasteiger partial charge in [0.15, 0.2) is 0 Å². The van der Waals surface area contributed by atoms with Crippen LogP contribution in [0.4, 0.5) is 0 Å². The van der Waals surface area contributed by atoms with Crippen molar-refractivity contribution in [2.75, 3.05) is 0 Å². The van der Waals surface area contributed by atoms with Crippen LogP contribution in [0.3, 0.4) is 0 Å². The van der Waals surface area contributed by atoms with Gasteiger partial charge in [0.2, 0.25) is 0 Å². The SMILES string of the molecule is CC(C)(C)OOOC(C)(C)CCC(C)(C)OOOC(C)(C)C. The second-order valence-electron chi connectivity index (χ2n) is 8.71. The average Bonchev–Trinajstić information content (AvgIpc) is 2.22. The summed E-state index contributed by atoms with van der Waals surface area (Å²) in [6.45, 7) is 19.0. The summed E-state index contributed by atoms with van der Waals surface area (Å²) in [5, 5.41) is 9.71. The first-order chi connectivity index (χ1) is 9.62. The molecule has 134 valence electrons. The Morgan fingerprint density at radius 3 is 0.955 bits per heavy atom. The van der Waals surface area contributed by atoms with Crippen molar-refractivity contribution in [3.05, 3.63) is 0 Å². The van der Waals surface area contributed by atoms with Crippen LogP contribution in [0.25, 0.3) is 0 Å². The molecule has 6 nitrogen and oxygen atoms in total. The lowest BCUT2D eigenvalue weighted by molar-refractivity contribution is -0.569. The zero-order chi connectivity index (χ0) is 17.7. The molecular formula is C16H34O6. The van der Waals surface area contributed by atoms with E-state index in [1.54, 1.807) is 0 Å². The van der Waals surface area contributed by atoms with Gasteiger partial charge in [0.05, 0.1) is 11.2 Å². The minimum absolute atomic E-state index is 0.420. The lowest BCUT2D eigenvalue weighted by Crippen LogP contribution is -2.33. The van der Waals surface area contributed by atoms with Gasteiger partial charge in [0.25, 0.3) is 0 Å². The Morgan fingerprint density at radius 2 is 0.727 bits per heavy atom. The van der Waals surface area contributed by atoms with E-state index in [0.717, 1.165) is 0 Å². The Balaban J connectivity index is 4.10. The standard InChI is InChI=1S/C16H34O6/c1-13(2,3)17-21-19-15(7,8)11-12-16(9,10)20-22-18-14(4,5)6/h11-12H2,1-10H3. The molecular weight excluding hydrogens is 288 g/mol. The number of hydrogen-bond acceptors (Lipinski definition) is 6. The Kier molecular flexibility index (Phi) is 7.95. The average molecular weight is 322 g/mol. The topological polar surface area (TPSA) is 55.4 Å². The fourth-order valence-corrected chi connectivity index (χ4v) is 1.11. The highest BCUT2D eigenvalue weighted by Crippen LogP contribution is 2.26. The Morgan fingerprint density at radius 1 is 0.455 bits per heavy atom. The van der Waals surface area contributed by atoms with Crippen LogP contribution >= 0.6 is 0 Å². The Hall–Kier alpha value is -0.240. The molecule has 0 aromatic rings. The van der Waals surface area contributed by atoms with Gasteiger partial charge in [-0.1, -0.05) is 10.1 Å². The summed E-state index contributed by atoms with van der Waals surface area (Å²) in [4.78, 5) is 20.8. The summed E-state index contributed by atoms with van der Waals surface area (Å²) in [6, 6.07) is 0. The van der Waals surface area contributed by atoms with E-state index < -0.39 is 22.4 Å². The van der Waals surface area contributed by atoms with Gasteiger partial charge in [0, 0.05) is 0 Å². The lowest BCUT2D eigenvalue weighted by Gasteiger charge is -2.30. The second-order valence-corrected chi connectivity index (χ2v) is 8.71. The fourth-order valence-electron chi connectivity index (χ4n) is 1.11. The quantitative estimate of drug-likeness (QED) is 0.454. The first-order valence-corrected chi connectivity index (χ1v) is 7.69. The van der Waals surface area contributed by atoms with Crippen LogP contribution in [0.1, 0.15) is 82.1 Å². The molecule has 0 aromatic heterocycles. The van der Waals surface area contributed by atoms with Crippen LogP contribution in [0, 0.1) is 0 Å².